The Morgan fingerprint density at radius 1 is 1.50 bits per heavy atom. The molecule has 6 heteroatoms. The summed E-state index contributed by atoms with van der Waals surface area (Å²) in [6.45, 7) is 0.742. The fraction of sp³-hybridized carbons (Fsp3) is 0.667. The van der Waals surface area contributed by atoms with Gasteiger partial charge >= 0.3 is 12.6 Å². The Hall–Kier alpha value is -1.20. The van der Waals surface area contributed by atoms with Crippen molar-refractivity contribution in [2.24, 2.45) is 0 Å². The minimum Gasteiger partial charge on any atom is -0.401 e. The van der Waals surface area contributed by atoms with E-state index in [2.05, 4.69) is 14.8 Å². The van der Waals surface area contributed by atoms with Gasteiger partial charge in [-0.15, -0.1) is 0 Å². The highest BCUT2D eigenvalue weighted by Crippen LogP contribution is 2.14. The Labute approximate surface area is 68.2 Å². The Morgan fingerprint density at radius 3 is 2.67 bits per heavy atom. The number of alkyl halides is 2. The molecule has 0 aromatic carbocycles. The van der Waals surface area contributed by atoms with Crippen molar-refractivity contribution < 1.29 is 13.5 Å². The zero-order chi connectivity index (χ0) is 9.14. The molecule has 0 spiro atoms. The normalized spacial score (nSPS) is 11.2. The fourth-order valence-electron chi connectivity index (χ4n) is 0.758. The smallest absolute Gasteiger partial charge is 0.389 e. The summed E-state index contributed by atoms with van der Waals surface area (Å²) < 4.78 is 28.9. The van der Waals surface area contributed by atoms with Gasteiger partial charge in [-0.25, -0.2) is 4.68 Å². The first-order chi connectivity index (χ1) is 5.61. The van der Waals surface area contributed by atoms with Crippen LogP contribution in [-0.2, 0) is 0 Å². The van der Waals surface area contributed by atoms with Crippen LogP contribution in [0.2, 0.25) is 0 Å². The van der Waals surface area contributed by atoms with Gasteiger partial charge in [0.15, 0.2) is 0 Å². The number of hydrogen-bond donors (Lipinski definition) is 0. The van der Waals surface area contributed by atoms with Gasteiger partial charge in [0.1, 0.15) is 6.33 Å². The van der Waals surface area contributed by atoms with E-state index < -0.39 is 6.61 Å². The van der Waals surface area contributed by atoms with Crippen LogP contribution in [0.5, 0.6) is 6.01 Å². The van der Waals surface area contributed by atoms with Crippen LogP contribution < -0.4 is 4.74 Å². The molecule has 0 amide bonds. The molecular formula is C6H9F2N3O. The Bertz CT molecular complexity index is 249. The van der Waals surface area contributed by atoms with Crippen molar-refractivity contribution in [3.05, 3.63) is 6.33 Å². The third-order valence-corrected chi connectivity index (χ3v) is 1.22. The van der Waals surface area contributed by atoms with Crippen molar-refractivity contribution in [2.75, 3.05) is 0 Å². The van der Waals surface area contributed by atoms with Crippen LogP contribution >= 0.6 is 0 Å². The lowest BCUT2D eigenvalue weighted by molar-refractivity contribution is -0.0594. The average Bonchev–Trinajstić information content (AvgIpc) is 2.33. The van der Waals surface area contributed by atoms with Crippen molar-refractivity contribution >= 4 is 0 Å². The lowest BCUT2D eigenvalue weighted by Crippen LogP contribution is -2.11. The van der Waals surface area contributed by atoms with Gasteiger partial charge in [0.25, 0.3) is 0 Å². The molecule has 12 heavy (non-hydrogen) atoms. The Morgan fingerprint density at radius 2 is 2.17 bits per heavy atom. The van der Waals surface area contributed by atoms with Gasteiger partial charge in [-0.05, 0) is 13.8 Å². The maximum Gasteiger partial charge on any atom is 0.389 e. The van der Waals surface area contributed by atoms with E-state index in [4.69, 9.17) is 0 Å². The van der Waals surface area contributed by atoms with E-state index in [1.54, 1.807) is 13.8 Å². The maximum absolute atomic E-state index is 11.7. The summed E-state index contributed by atoms with van der Waals surface area (Å²) in [5, 5.41) is 3.72. The van der Waals surface area contributed by atoms with E-state index in [9.17, 15) is 8.78 Å². The first-order valence-corrected chi connectivity index (χ1v) is 3.45. The molecule has 1 aromatic heterocycles. The lowest BCUT2D eigenvalue weighted by atomic mass is 10.4. The molecule has 0 N–H and O–H groups in total. The first-order valence-electron chi connectivity index (χ1n) is 3.45. The third-order valence-electron chi connectivity index (χ3n) is 1.22. The predicted molar refractivity (Wildman–Crippen MR) is 37.0 cm³/mol. The molecule has 0 radical (unpaired) electrons. The van der Waals surface area contributed by atoms with Crippen molar-refractivity contribution in [3.8, 4) is 6.01 Å². The van der Waals surface area contributed by atoms with E-state index >= 15 is 0 Å². The van der Waals surface area contributed by atoms with E-state index in [0.29, 0.717) is 0 Å². The molecule has 1 rings (SSSR count). The summed E-state index contributed by atoms with van der Waals surface area (Å²) in [6.07, 6.45) is 1.18. The highest BCUT2D eigenvalue weighted by atomic mass is 19.3. The van der Waals surface area contributed by atoms with Gasteiger partial charge in [-0.1, -0.05) is 0 Å². The van der Waals surface area contributed by atoms with Gasteiger partial charge in [-0.3, -0.25) is 0 Å². The average molecular weight is 177 g/mol. The molecular weight excluding hydrogens is 168 g/mol. The molecule has 68 valence electrons. The van der Waals surface area contributed by atoms with E-state index in [-0.39, 0.29) is 12.1 Å². The second kappa shape index (κ2) is 3.46. The molecule has 0 fully saturated rings. The van der Waals surface area contributed by atoms with Crippen LogP contribution in [0.3, 0.4) is 0 Å². The zero-order valence-electron chi connectivity index (χ0n) is 6.74. The number of halogens is 2. The molecule has 0 saturated carbocycles. The molecule has 1 aromatic rings. The topological polar surface area (TPSA) is 39.9 Å². The lowest BCUT2D eigenvalue weighted by Gasteiger charge is -2.08. The van der Waals surface area contributed by atoms with Crippen LogP contribution in [0.15, 0.2) is 6.33 Å². The summed E-state index contributed by atoms with van der Waals surface area (Å²) in [6, 6.07) is -0.193. The number of hydrogen-bond acceptors (Lipinski definition) is 3. The summed E-state index contributed by atoms with van der Waals surface area (Å²) in [7, 11) is 0. The van der Waals surface area contributed by atoms with Gasteiger partial charge < -0.3 is 4.74 Å². The largest absolute Gasteiger partial charge is 0.401 e. The van der Waals surface area contributed by atoms with Gasteiger partial charge in [0, 0.05) is 0 Å². The van der Waals surface area contributed by atoms with Crippen LogP contribution in [-0.4, -0.2) is 21.4 Å². The molecule has 0 saturated heterocycles. The van der Waals surface area contributed by atoms with Crippen LogP contribution in [0.25, 0.3) is 0 Å². The summed E-state index contributed by atoms with van der Waals surface area (Å²) in [4.78, 5) is 3.53. The number of nitrogens with zero attached hydrogens (tertiary/aromatic N) is 3. The molecule has 0 aliphatic carbocycles. The van der Waals surface area contributed by atoms with E-state index in [1.807, 2.05) is 0 Å². The number of rotatable bonds is 3. The summed E-state index contributed by atoms with van der Waals surface area (Å²) >= 11 is 0. The molecule has 0 atom stereocenters. The van der Waals surface area contributed by atoms with Crippen molar-refractivity contribution in [1.82, 2.24) is 14.8 Å². The molecule has 1 heterocycles. The van der Waals surface area contributed by atoms with Crippen LogP contribution in [0.4, 0.5) is 8.78 Å². The zero-order valence-corrected chi connectivity index (χ0v) is 6.74. The van der Waals surface area contributed by atoms with Gasteiger partial charge in [0.2, 0.25) is 0 Å². The Kier molecular flexibility index (Phi) is 2.57. The molecule has 0 aliphatic rings. The fourth-order valence-corrected chi connectivity index (χ4v) is 0.758. The highest BCUT2D eigenvalue weighted by Gasteiger charge is 2.12. The number of ether oxygens (including phenoxy) is 1. The second-order valence-corrected chi connectivity index (χ2v) is 2.46. The van der Waals surface area contributed by atoms with E-state index in [1.165, 1.54) is 11.0 Å². The molecule has 0 bridgehead atoms. The molecule has 4 nitrogen and oxygen atoms in total. The standard InChI is InChI=1S/C6H9F2N3O/c1-4(2)11-6(9-3-10-11)12-5(7)8/h3-5H,1-2H3. The summed E-state index contributed by atoms with van der Waals surface area (Å²) in [5.74, 6) is 0. The monoisotopic (exact) mass is 177 g/mol. The van der Waals surface area contributed by atoms with Crippen LogP contribution in [0.1, 0.15) is 19.9 Å². The van der Waals surface area contributed by atoms with Gasteiger partial charge in [0.05, 0.1) is 6.04 Å². The minimum absolute atomic E-state index is 0.0405. The Balaban J connectivity index is 2.77. The molecule has 0 aliphatic heterocycles. The van der Waals surface area contributed by atoms with Crippen molar-refractivity contribution in [2.45, 2.75) is 26.5 Å². The SMILES string of the molecule is CC(C)n1ncnc1OC(F)F. The summed E-state index contributed by atoms with van der Waals surface area (Å²) in [5.41, 5.74) is 0. The second-order valence-electron chi connectivity index (χ2n) is 2.46. The predicted octanol–water partition coefficient (Wildman–Crippen LogP) is 1.46. The highest BCUT2D eigenvalue weighted by molar-refractivity contribution is 4.92. The molecule has 0 unspecified atom stereocenters. The van der Waals surface area contributed by atoms with Gasteiger partial charge in [-0.2, -0.15) is 18.9 Å². The van der Waals surface area contributed by atoms with E-state index in [0.717, 1.165) is 0 Å². The third kappa shape index (κ3) is 1.90. The quantitative estimate of drug-likeness (QED) is 0.701. The first kappa shape index (κ1) is 8.89. The minimum atomic E-state index is -2.85. The maximum atomic E-state index is 11.7. The van der Waals surface area contributed by atoms with Crippen LogP contribution in [0, 0.1) is 0 Å². The van der Waals surface area contributed by atoms with Crippen molar-refractivity contribution in [1.29, 1.82) is 0 Å². The van der Waals surface area contributed by atoms with Crippen molar-refractivity contribution in [3.63, 3.8) is 0 Å². The number of aromatic nitrogens is 3.